The first kappa shape index (κ1) is 14.4. The van der Waals surface area contributed by atoms with Crippen LogP contribution >= 0.6 is 15.2 Å². The molecule has 0 bridgehead atoms. The molecule has 0 saturated heterocycles. The number of benzene rings is 1. The Bertz CT molecular complexity index is 486. The van der Waals surface area contributed by atoms with E-state index in [0.29, 0.717) is 0 Å². The molecule has 0 fully saturated rings. The molecular formula is C7H7F3O5P2. The Balaban J connectivity index is 3.04. The van der Waals surface area contributed by atoms with Crippen LogP contribution in [0, 0.1) is 0 Å². The van der Waals surface area contributed by atoms with E-state index in [2.05, 4.69) is 4.31 Å². The highest BCUT2D eigenvalue weighted by Gasteiger charge is 2.56. The molecular weight excluding hydrogens is 283 g/mol. The Hall–Kier alpha value is -0.650. The molecule has 10 heteroatoms. The average Bonchev–Trinajstić information content (AvgIpc) is 2.15. The van der Waals surface area contributed by atoms with Crippen molar-refractivity contribution in [2.75, 3.05) is 0 Å². The first-order valence-electron chi connectivity index (χ1n) is 4.06. The summed E-state index contributed by atoms with van der Waals surface area (Å²) in [6, 6.07) is 6.02. The van der Waals surface area contributed by atoms with Gasteiger partial charge in [-0.15, -0.1) is 0 Å². The van der Waals surface area contributed by atoms with Crippen LogP contribution < -0.4 is 5.30 Å². The second-order valence-electron chi connectivity index (χ2n) is 2.93. The van der Waals surface area contributed by atoms with E-state index in [9.17, 15) is 27.2 Å². The molecule has 0 aliphatic heterocycles. The van der Waals surface area contributed by atoms with Crippen LogP contribution in [0.2, 0.25) is 0 Å². The third kappa shape index (κ3) is 3.40. The van der Waals surface area contributed by atoms with E-state index in [-0.39, 0.29) is 0 Å². The van der Waals surface area contributed by atoms with Crippen LogP contribution in [0.3, 0.4) is 0 Å². The van der Waals surface area contributed by atoms with Crippen molar-refractivity contribution in [2.24, 2.45) is 0 Å². The number of rotatable bonds is 3. The number of hydrogen-bond acceptors (Lipinski definition) is 3. The molecule has 1 rings (SSSR count). The van der Waals surface area contributed by atoms with Crippen LogP contribution in [0.5, 0.6) is 0 Å². The van der Waals surface area contributed by atoms with Crippen LogP contribution in [-0.2, 0) is 13.4 Å². The van der Waals surface area contributed by atoms with Gasteiger partial charge in [0.05, 0.1) is 5.30 Å². The molecule has 1 aromatic carbocycles. The number of halogens is 3. The summed E-state index contributed by atoms with van der Waals surface area (Å²) in [5, 5.41) is -0.501. The van der Waals surface area contributed by atoms with Gasteiger partial charge in [-0.3, -0.25) is 4.57 Å². The summed E-state index contributed by atoms with van der Waals surface area (Å²) in [4.78, 5) is 17.7. The van der Waals surface area contributed by atoms with E-state index in [1.807, 2.05) is 0 Å². The van der Waals surface area contributed by atoms with Crippen LogP contribution in [0.25, 0.3) is 0 Å². The van der Waals surface area contributed by atoms with Crippen molar-refractivity contribution < 1.29 is 36.4 Å². The van der Waals surface area contributed by atoms with Crippen molar-refractivity contribution in [1.29, 1.82) is 0 Å². The second-order valence-corrected chi connectivity index (χ2v) is 6.68. The lowest BCUT2D eigenvalue weighted by molar-refractivity contribution is -0.0649. The molecule has 0 heterocycles. The molecule has 2 atom stereocenters. The Morgan fingerprint density at radius 1 is 1.06 bits per heavy atom. The lowest BCUT2D eigenvalue weighted by Crippen LogP contribution is -2.13. The summed E-state index contributed by atoms with van der Waals surface area (Å²) in [6.45, 7) is 0. The van der Waals surface area contributed by atoms with Gasteiger partial charge in [-0.05, 0) is 12.1 Å². The smallest absolute Gasteiger partial charge is 0.321 e. The number of alkyl halides is 3. The molecule has 0 aliphatic carbocycles. The lowest BCUT2D eigenvalue weighted by atomic mass is 10.4. The molecule has 0 aliphatic rings. The zero-order valence-electron chi connectivity index (χ0n) is 8.03. The molecule has 96 valence electrons. The van der Waals surface area contributed by atoms with Gasteiger partial charge in [-0.1, -0.05) is 18.2 Å². The van der Waals surface area contributed by atoms with Gasteiger partial charge in [0, 0.05) is 0 Å². The fourth-order valence-corrected chi connectivity index (χ4v) is 3.36. The highest BCUT2D eigenvalue weighted by atomic mass is 31.3. The average molecular weight is 290 g/mol. The maximum Gasteiger partial charge on any atom is 0.494 e. The van der Waals surface area contributed by atoms with Gasteiger partial charge in [0.25, 0.3) is 0 Å². The van der Waals surface area contributed by atoms with E-state index < -0.39 is 26.4 Å². The summed E-state index contributed by atoms with van der Waals surface area (Å²) in [5.74, 6) is -5.61. The lowest BCUT2D eigenvalue weighted by Gasteiger charge is -2.18. The zero-order chi connectivity index (χ0) is 13.3. The largest absolute Gasteiger partial charge is 0.494 e. The normalized spacial score (nSPS) is 19.4. The van der Waals surface area contributed by atoms with E-state index in [0.717, 1.165) is 12.1 Å². The minimum atomic E-state index is -6.18. The first-order chi connectivity index (χ1) is 7.56. The van der Waals surface area contributed by atoms with E-state index in [1.54, 1.807) is 0 Å². The quantitative estimate of drug-likeness (QED) is 0.834. The Morgan fingerprint density at radius 2 is 1.53 bits per heavy atom. The van der Waals surface area contributed by atoms with Crippen LogP contribution in [0.4, 0.5) is 13.2 Å². The maximum atomic E-state index is 12.0. The third-order valence-corrected chi connectivity index (χ3v) is 4.99. The predicted octanol–water partition coefficient (Wildman–Crippen LogP) is 2.22. The molecule has 5 nitrogen and oxygen atoms in total. The first-order valence-corrected chi connectivity index (χ1v) is 7.21. The molecule has 17 heavy (non-hydrogen) atoms. The van der Waals surface area contributed by atoms with Gasteiger partial charge in [-0.25, -0.2) is 8.88 Å². The summed E-state index contributed by atoms with van der Waals surface area (Å²) >= 11 is 0. The summed E-state index contributed by atoms with van der Waals surface area (Å²) in [5.41, 5.74) is 0. The van der Waals surface area contributed by atoms with E-state index in [4.69, 9.17) is 4.89 Å². The molecule has 1 aromatic rings. The minimum absolute atomic E-state index is 0.501. The maximum absolute atomic E-state index is 12.0. The second kappa shape index (κ2) is 4.55. The van der Waals surface area contributed by atoms with Crippen LogP contribution in [0.1, 0.15) is 0 Å². The van der Waals surface area contributed by atoms with Gasteiger partial charge in [0.2, 0.25) is 0 Å². The molecule has 0 amide bonds. The zero-order valence-corrected chi connectivity index (χ0v) is 9.82. The Kier molecular flexibility index (Phi) is 3.86. The van der Waals surface area contributed by atoms with Gasteiger partial charge in [0.15, 0.2) is 0 Å². The van der Waals surface area contributed by atoms with Crippen molar-refractivity contribution in [1.82, 2.24) is 0 Å². The fourth-order valence-electron chi connectivity index (χ4n) is 0.860. The predicted molar refractivity (Wildman–Crippen MR) is 52.9 cm³/mol. The van der Waals surface area contributed by atoms with Gasteiger partial charge in [-0.2, -0.15) is 13.2 Å². The Labute approximate surface area is 93.9 Å². The number of hydrogen-bond donors (Lipinski definition) is 2. The van der Waals surface area contributed by atoms with Crippen LogP contribution in [-0.4, -0.2) is 15.7 Å². The molecule has 0 radical (unpaired) electrons. The topological polar surface area (TPSA) is 83.8 Å². The van der Waals surface area contributed by atoms with Gasteiger partial charge < -0.3 is 9.79 Å². The van der Waals surface area contributed by atoms with Gasteiger partial charge >= 0.3 is 21.1 Å². The van der Waals surface area contributed by atoms with E-state index in [1.165, 1.54) is 18.2 Å². The highest BCUT2D eigenvalue weighted by molar-refractivity contribution is 7.71. The Morgan fingerprint density at radius 3 is 1.94 bits per heavy atom. The van der Waals surface area contributed by atoms with Crippen molar-refractivity contribution in [3.8, 4) is 0 Å². The summed E-state index contributed by atoms with van der Waals surface area (Å²) in [7, 11) is -11.2. The molecule has 2 unspecified atom stereocenters. The SMILES string of the molecule is O=P(O)(OP(=O)(O)C(F)(F)F)c1ccccc1. The standard InChI is InChI=1S/C7H7F3O5P2/c8-7(9,10)17(13,14)15-16(11,12)6-4-2-1-3-5-6/h1-5H,(H,11,12)(H,13,14). The highest BCUT2D eigenvalue weighted by Crippen LogP contribution is 2.67. The van der Waals surface area contributed by atoms with Crippen molar-refractivity contribution in [3.63, 3.8) is 0 Å². The van der Waals surface area contributed by atoms with E-state index >= 15 is 0 Å². The van der Waals surface area contributed by atoms with Gasteiger partial charge in [0.1, 0.15) is 0 Å². The van der Waals surface area contributed by atoms with Crippen molar-refractivity contribution >= 4 is 20.5 Å². The third-order valence-electron chi connectivity index (χ3n) is 1.62. The minimum Gasteiger partial charge on any atom is -0.321 e. The summed E-state index contributed by atoms with van der Waals surface area (Å²) in [6.07, 6.45) is 0. The molecule has 2 N–H and O–H groups in total. The molecule has 0 aromatic heterocycles. The molecule has 0 saturated carbocycles. The van der Waals surface area contributed by atoms with Crippen molar-refractivity contribution in [2.45, 2.75) is 5.92 Å². The monoisotopic (exact) mass is 290 g/mol. The fraction of sp³-hybridized carbons (Fsp3) is 0.143. The van der Waals surface area contributed by atoms with Crippen LogP contribution in [0.15, 0.2) is 30.3 Å². The van der Waals surface area contributed by atoms with Crippen molar-refractivity contribution in [3.05, 3.63) is 30.3 Å². The molecule has 0 spiro atoms. The summed E-state index contributed by atoms with van der Waals surface area (Å²) < 4.78 is 61.6.